The molecule has 0 atom stereocenters. The van der Waals surface area contributed by atoms with Gasteiger partial charge in [0.2, 0.25) is 0 Å². The highest BCUT2D eigenvalue weighted by Crippen LogP contribution is 1.87. The Morgan fingerprint density at radius 3 is 1.94 bits per heavy atom. The van der Waals surface area contributed by atoms with Crippen LogP contribution >= 0.6 is 0 Å². The van der Waals surface area contributed by atoms with E-state index in [1.54, 1.807) is 20.1 Å². The highest BCUT2D eigenvalue weighted by molar-refractivity contribution is 5.76. The molecule has 0 aromatic rings. The van der Waals surface area contributed by atoms with Crippen LogP contribution in [0, 0.1) is 0 Å². The standard InChI is InChI=1S/C6H11NO2.C6H10O2/c1-3-9-5-6(2)4-7-8;1-3-8-5-6(2)4-7/h4-5,8H,3H2,1-2H3;4-5H,3H2,1-2H3/b6-5+,7-4+;6-5+. The van der Waals surface area contributed by atoms with E-state index in [4.69, 9.17) is 14.7 Å². The van der Waals surface area contributed by atoms with E-state index in [1.807, 2.05) is 13.8 Å². The quantitative estimate of drug-likeness (QED) is 0.194. The first-order chi connectivity index (χ1) is 8.12. The van der Waals surface area contributed by atoms with Gasteiger partial charge in [0, 0.05) is 11.1 Å². The summed E-state index contributed by atoms with van der Waals surface area (Å²) in [4.78, 5) is 9.86. The van der Waals surface area contributed by atoms with Gasteiger partial charge in [-0.25, -0.2) is 0 Å². The minimum absolute atomic E-state index is 0.616. The lowest BCUT2D eigenvalue weighted by Crippen LogP contribution is -1.82. The second-order valence-electron chi connectivity index (χ2n) is 3.00. The number of hydrogen-bond acceptors (Lipinski definition) is 5. The molecular weight excluding hydrogens is 222 g/mol. The van der Waals surface area contributed by atoms with Gasteiger partial charge in [0.1, 0.15) is 6.29 Å². The van der Waals surface area contributed by atoms with Crippen LogP contribution in [0.4, 0.5) is 0 Å². The van der Waals surface area contributed by atoms with Crippen molar-refractivity contribution in [2.24, 2.45) is 5.16 Å². The molecule has 0 aromatic carbocycles. The number of aldehydes is 1. The second kappa shape index (κ2) is 14.2. The lowest BCUT2D eigenvalue weighted by atomic mass is 10.4. The van der Waals surface area contributed by atoms with Gasteiger partial charge in [-0.3, -0.25) is 4.79 Å². The summed E-state index contributed by atoms with van der Waals surface area (Å²) in [6.45, 7) is 8.49. The van der Waals surface area contributed by atoms with E-state index < -0.39 is 0 Å². The summed E-state index contributed by atoms with van der Waals surface area (Å²) < 4.78 is 9.68. The van der Waals surface area contributed by atoms with Crippen molar-refractivity contribution in [2.75, 3.05) is 13.2 Å². The number of ether oxygens (including phenoxy) is 2. The maximum absolute atomic E-state index is 9.86. The summed E-state index contributed by atoms with van der Waals surface area (Å²) in [5.41, 5.74) is 1.41. The summed E-state index contributed by atoms with van der Waals surface area (Å²) >= 11 is 0. The molecule has 0 saturated heterocycles. The van der Waals surface area contributed by atoms with E-state index in [0.717, 1.165) is 11.9 Å². The van der Waals surface area contributed by atoms with E-state index in [-0.39, 0.29) is 0 Å². The number of rotatable bonds is 6. The number of carbonyl (C=O) groups excluding carboxylic acids is 1. The van der Waals surface area contributed by atoms with Crippen molar-refractivity contribution in [1.82, 2.24) is 0 Å². The number of carbonyl (C=O) groups is 1. The summed E-state index contributed by atoms with van der Waals surface area (Å²) in [7, 11) is 0. The molecule has 17 heavy (non-hydrogen) atoms. The van der Waals surface area contributed by atoms with Gasteiger partial charge in [-0.15, -0.1) is 0 Å². The molecule has 98 valence electrons. The summed E-state index contributed by atoms with van der Waals surface area (Å²) in [6, 6.07) is 0. The summed E-state index contributed by atoms with van der Waals surface area (Å²) in [5.74, 6) is 0. The third-order valence-corrected chi connectivity index (χ3v) is 1.32. The zero-order valence-corrected chi connectivity index (χ0v) is 10.8. The molecule has 0 spiro atoms. The smallest absolute Gasteiger partial charge is 0.148 e. The predicted octanol–water partition coefficient (Wildman–Crippen LogP) is 2.51. The van der Waals surface area contributed by atoms with Crippen molar-refractivity contribution < 1.29 is 19.5 Å². The molecular formula is C12H21NO4. The van der Waals surface area contributed by atoms with E-state index in [9.17, 15) is 4.79 Å². The molecule has 0 aliphatic rings. The van der Waals surface area contributed by atoms with Gasteiger partial charge >= 0.3 is 0 Å². The molecule has 0 rings (SSSR count). The maximum atomic E-state index is 9.86. The minimum Gasteiger partial charge on any atom is -0.501 e. The molecule has 0 saturated carbocycles. The molecule has 0 radical (unpaired) electrons. The average Bonchev–Trinajstić information content (AvgIpc) is 2.34. The first-order valence-electron chi connectivity index (χ1n) is 5.31. The van der Waals surface area contributed by atoms with Crippen molar-refractivity contribution in [1.29, 1.82) is 0 Å². The third kappa shape index (κ3) is 16.9. The molecule has 0 aliphatic carbocycles. The Hall–Kier alpha value is -1.78. The van der Waals surface area contributed by atoms with E-state index in [0.29, 0.717) is 18.8 Å². The Morgan fingerprint density at radius 2 is 1.59 bits per heavy atom. The average molecular weight is 243 g/mol. The fourth-order valence-electron chi connectivity index (χ4n) is 0.579. The van der Waals surface area contributed by atoms with Gasteiger partial charge in [-0.2, -0.15) is 0 Å². The van der Waals surface area contributed by atoms with Gasteiger partial charge in [-0.05, 0) is 27.7 Å². The number of hydrogen-bond donors (Lipinski definition) is 1. The zero-order valence-electron chi connectivity index (χ0n) is 10.8. The molecule has 1 N–H and O–H groups in total. The van der Waals surface area contributed by atoms with Crippen LogP contribution in [0.1, 0.15) is 27.7 Å². The lowest BCUT2D eigenvalue weighted by Gasteiger charge is -1.92. The number of allylic oxidation sites excluding steroid dienone is 2. The molecule has 0 heterocycles. The molecule has 0 aliphatic heterocycles. The van der Waals surface area contributed by atoms with Crippen LogP contribution in [0.2, 0.25) is 0 Å². The van der Waals surface area contributed by atoms with Crippen molar-refractivity contribution in [3.05, 3.63) is 23.7 Å². The molecule has 0 aromatic heterocycles. The first kappa shape index (κ1) is 17.6. The Morgan fingerprint density at radius 1 is 1.12 bits per heavy atom. The van der Waals surface area contributed by atoms with Gasteiger partial charge < -0.3 is 14.7 Å². The Kier molecular flexibility index (Phi) is 14.7. The molecule has 0 unspecified atom stereocenters. The maximum Gasteiger partial charge on any atom is 0.148 e. The fraction of sp³-hybridized carbons (Fsp3) is 0.500. The van der Waals surface area contributed by atoms with Crippen molar-refractivity contribution in [3.8, 4) is 0 Å². The highest BCUT2D eigenvalue weighted by Gasteiger charge is 1.80. The first-order valence-corrected chi connectivity index (χ1v) is 5.31. The van der Waals surface area contributed by atoms with Crippen LogP contribution in [0.3, 0.4) is 0 Å². The van der Waals surface area contributed by atoms with E-state index in [1.165, 1.54) is 12.5 Å². The lowest BCUT2D eigenvalue weighted by molar-refractivity contribution is -0.105. The molecule has 0 fully saturated rings. The van der Waals surface area contributed by atoms with Crippen molar-refractivity contribution in [3.63, 3.8) is 0 Å². The van der Waals surface area contributed by atoms with Crippen LogP contribution in [0.5, 0.6) is 0 Å². The number of oxime groups is 1. The van der Waals surface area contributed by atoms with Gasteiger partial charge in [0.05, 0.1) is 32.0 Å². The zero-order chi connectivity index (χ0) is 13.5. The van der Waals surface area contributed by atoms with Crippen LogP contribution in [-0.4, -0.2) is 30.9 Å². The van der Waals surface area contributed by atoms with E-state index in [2.05, 4.69) is 5.16 Å². The van der Waals surface area contributed by atoms with E-state index >= 15 is 0 Å². The summed E-state index contributed by atoms with van der Waals surface area (Å²) in [6.07, 6.45) is 5.07. The second-order valence-corrected chi connectivity index (χ2v) is 3.00. The SMILES string of the molecule is CCO/C=C(C)/C=N/O.CCO/C=C(\C)C=O. The third-order valence-electron chi connectivity index (χ3n) is 1.32. The molecule has 5 heteroatoms. The molecule has 0 amide bonds. The fourth-order valence-corrected chi connectivity index (χ4v) is 0.579. The highest BCUT2D eigenvalue weighted by atomic mass is 16.5. The summed E-state index contributed by atoms with van der Waals surface area (Å²) in [5, 5.41) is 10.8. The van der Waals surface area contributed by atoms with Crippen molar-refractivity contribution >= 4 is 12.5 Å². The number of nitrogens with zero attached hydrogens (tertiary/aromatic N) is 1. The predicted molar refractivity (Wildman–Crippen MR) is 67.1 cm³/mol. The van der Waals surface area contributed by atoms with Gasteiger partial charge in [0.25, 0.3) is 0 Å². The normalized spacial score (nSPS) is 11.8. The van der Waals surface area contributed by atoms with Crippen LogP contribution in [0.15, 0.2) is 28.8 Å². The van der Waals surface area contributed by atoms with Gasteiger partial charge in [-0.1, -0.05) is 5.16 Å². The van der Waals surface area contributed by atoms with Crippen molar-refractivity contribution in [2.45, 2.75) is 27.7 Å². The van der Waals surface area contributed by atoms with Crippen LogP contribution in [0.25, 0.3) is 0 Å². The Labute approximate surface area is 102 Å². The topological polar surface area (TPSA) is 68.1 Å². The largest absolute Gasteiger partial charge is 0.501 e. The van der Waals surface area contributed by atoms with Crippen LogP contribution < -0.4 is 0 Å². The van der Waals surface area contributed by atoms with Crippen LogP contribution in [-0.2, 0) is 14.3 Å². The van der Waals surface area contributed by atoms with Gasteiger partial charge in [0.15, 0.2) is 0 Å². The Bertz CT molecular complexity index is 270. The molecule has 5 nitrogen and oxygen atoms in total. The Balaban J connectivity index is 0. The molecule has 0 bridgehead atoms. The monoisotopic (exact) mass is 243 g/mol. The minimum atomic E-state index is 0.616.